The summed E-state index contributed by atoms with van der Waals surface area (Å²) in [5, 5.41) is 4.32. The third-order valence-electron chi connectivity index (χ3n) is 3.37. The van der Waals surface area contributed by atoms with E-state index in [1.54, 1.807) is 0 Å². The summed E-state index contributed by atoms with van der Waals surface area (Å²) >= 11 is 3.41. The van der Waals surface area contributed by atoms with E-state index in [0.717, 1.165) is 36.0 Å². The number of methoxy groups -OCH3 is 1. The van der Waals surface area contributed by atoms with Crippen LogP contribution in [0.15, 0.2) is 28.7 Å². The van der Waals surface area contributed by atoms with Crippen LogP contribution < -0.4 is 58.2 Å². The third-order valence-corrected chi connectivity index (χ3v) is 3.89. The first-order valence-corrected chi connectivity index (χ1v) is 6.46. The van der Waals surface area contributed by atoms with Crippen molar-refractivity contribution in [2.24, 2.45) is 0 Å². The van der Waals surface area contributed by atoms with Crippen LogP contribution in [0, 0.1) is 0 Å². The average molecular weight is 383 g/mol. The molecule has 0 aliphatic carbocycles. The third kappa shape index (κ3) is 3.52. The molecule has 1 aliphatic rings. The van der Waals surface area contributed by atoms with Gasteiger partial charge in [-0.05, 0) is 17.7 Å². The topological polar surface area (TPSA) is 40.4 Å². The van der Waals surface area contributed by atoms with E-state index < -0.39 is 5.41 Å². The summed E-state index contributed by atoms with van der Waals surface area (Å²) in [5.74, 6) is -0.144. The number of carbonyl (C=O) groups is 1. The van der Waals surface area contributed by atoms with E-state index in [-0.39, 0.29) is 64.2 Å². The van der Waals surface area contributed by atoms with Crippen LogP contribution in [-0.4, -0.2) is 26.2 Å². The van der Waals surface area contributed by atoms with Gasteiger partial charge in [-0.1, -0.05) is 40.9 Å². The molecule has 0 aromatic heterocycles. The summed E-state index contributed by atoms with van der Waals surface area (Å²) in [6.45, 7) is 1.45. The molecule has 0 atom stereocenters. The second kappa shape index (κ2) is 7.65. The Bertz CT molecular complexity index is 402. The summed E-state index contributed by atoms with van der Waals surface area (Å²) in [4.78, 5) is 12.1. The van der Waals surface area contributed by atoms with Crippen LogP contribution in [-0.2, 0) is 14.9 Å². The monoisotopic (exact) mass is 381 g/mol. The summed E-state index contributed by atoms with van der Waals surface area (Å²) in [5.41, 5.74) is 0.527. The van der Waals surface area contributed by atoms with E-state index in [1.807, 2.05) is 24.3 Å². The van der Waals surface area contributed by atoms with Crippen molar-refractivity contribution in [1.29, 1.82) is 0 Å². The van der Waals surface area contributed by atoms with E-state index >= 15 is 0 Å². The molecule has 1 aromatic carbocycles. The van der Waals surface area contributed by atoms with Gasteiger partial charge in [0.2, 0.25) is 0 Å². The van der Waals surface area contributed by atoms with Crippen molar-refractivity contribution in [3.63, 3.8) is 0 Å². The molecule has 18 heavy (non-hydrogen) atoms. The number of esters is 1. The van der Waals surface area contributed by atoms with Gasteiger partial charge in [-0.2, -0.15) is 0 Å². The molecule has 92 valence electrons. The van der Waals surface area contributed by atoms with Crippen LogP contribution >= 0.6 is 15.9 Å². The Hall–Kier alpha value is 0.935. The minimum absolute atomic E-state index is 0. The predicted octanol–water partition coefficient (Wildman–Crippen LogP) is 0.0314. The Morgan fingerprint density at radius 1 is 1.28 bits per heavy atom. The zero-order valence-electron chi connectivity index (χ0n) is 10.8. The molecule has 0 radical (unpaired) electrons. The number of hydrogen-bond acceptors (Lipinski definition) is 2. The number of ether oxygens (including phenoxy) is 1. The van der Waals surface area contributed by atoms with Crippen LogP contribution in [0.4, 0.5) is 0 Å². The van der Waals surface area contributed by atoms with E-state index in [0.29, 0.717) is 0 Å². The van der Waals surface area contributed by atoms with Crippen molar-refractivity contribution in [2.75, 3.05) is 20.2 Å². The molecule has 2 rings (SSSR count). The van der Waals surface area contributed by atoms with Crippen molar-refractivity contribution < 1.29 is 67.7 Å². The minimum Gasteiger partial charge on any atom is -0.662 e. The molecule has 3 nitrogen and oxygen atoms in total. The Kier molecular flexibility index (Phi) is 7.22. The van der Waals surface area contributed by atoms with Gasteiger partial charge in [-0.3, -0.25) is 4.79 Å². The number of benzene rings is 1. The van der Waals surface area contributed by atoms with Crippen LogP contribution in [0.1, 0.15) is 18.4 Å². The van der Waals surface area contributed by atoms with Crippen LogP contribution in [0.25, 0.3) is 5.32 Å². The van der Waals surface area contributed by atoms with Crippen LogP contribution in [0.2, 0.25) is 0 Å². The fourth-order valence-corrected chi connectivity index (χ4v) is 2.62. The van der Waals surface area contributed by atoms with Gasteiger partial charge in [0.1, 0.15) is 0 Å². The van der Waals surface area contributed by atoms with E-state index in [2.05, 4.69) is 21.2 Å². The zero-order valence-corrected chi connectivity index (χ0v) is 17.3. The molecular formula is C13H15BrNO2Rb. The molecule has 1 heterocycles. The standard InChI is InChI=1S/C13H15BrNO2.Rb/c1-17-12(16)13(6-8-15-9-7-13)10-2-4-11(14)5-3-10;/h2-5H,6-9H2,1H3;/q-1;+1. The molecule has 0 spiro atoms. The Morgan fingerprint density at radius 2 is 1.83 bits per heavy atom. The number of nitrogens with zero attached hydrogens (tertiary/aromatic N) is 1. The van der Waals surface area contributed by atoms with Crippen LogP contribution in [0.5, 0.6) is 0 Å². The molecule has 1 fully saturated rings. The maximum atomic E-state index is 12.1. The molecule has 5 heteroatoms. The van der Waals surface area contributed by atoms with Crippen molar-refractivity contribution in [3.8, 4) is 0 Å². The molecular weight excluding hydrogens is 368 g/mol. The predicted molar refractivity (Wildman–Crippen MR) is 70.2 cm³/mol. The van der Waals surface area contributed by atoms with Crippen molar-refractivity contribution in [3.05, 3.63) is 39.6 Å². The molecule has 0 bridgehead atoms. The van der Waals surface area contributed by atoms with Gasteiger partial charge in [-0.25, -0.2) is 0 Å². The molecule has 1 aliphatic heterocycles. The van der Waals surface area contributed by atoms with Crippen molar-refractivity contribution >= 4 is 21.9 Å². The number of piperidine rings is 1. The van der Waals surface area contributed by atoms with Gasteiger partial charge in [0.25, 0.3) is 0 Å². The molecule has 0 unspecified atom stereocenters. The summed E-state index contributed by atoms with van der Waals surface area (Å²) in [6.07, 6.45) is 1.47. The van der Waals surface area contributed by atoms with Crippen molar-refractivity contribution in [1.82, 2.24) is 0 Å². The average Bonchev–Trinajstić information content (AvgIpc) is 2.39. The Balaban J connectivity index is 0.00000162. The van der Waals surface area contributed by atoms with E-state index in [1.165, 1.54) is 7.11 Å². The van der Waals surface area contributed by atoms with Gasteiger partial charge >= 0.3 is 64.2 Å². The first kappa shape index (κ1) is 17.0. The molecule has 0 saturated carbocycles. The first-order valence-electron chi connectivity index (χ1n) is 5.67. The molecule has 1 saturated heterocycles. The number of rotatable bonds is 2. The minimum atomic E-state index is -0.503. The zero-order chi connectivity index (χ0) is 12.3. The maximum Gasteiger partial charge on any atom is 1.00 e. The van der Waals surface area contributed by atoms with E-state index in [9.17, 15) is 4.79 Å². The maximum absolute atomic E-state index is 12.1. The van der Waals surface area contributed by atoms with E-state index in [4.69, 9.17) is 4.74 Å². The van der Waals surface area contributed by atoms with Gasteiger partial charge in [0.05, 0.1) is 12.5 Å². The second-order valence-electron chi connectivity index (χ2n) is 4.25. The smallest absolute Gasteiger partial charge is 0.662 e. The summed E-state index contributed by atoms with van der Waals surface area (Å²) < 4.78 is 6.00. The Morgan fingerprint density at radius 3 is 2.33 bits per heavy atom. The van der Waals surface area contributed by atoms with Gasteiger partial charge in [-0.15, -0.1) is 13.1 Å². The van der Waals surface area contributed by atoms with Crippen LogP contribution in [0.3, 0.4) is 0 Å². The molecule has 1 aromatic rings. The summed E-state index contributed by atoms with van der Waals surface area (Å²) in [7, 11) is 1.45. The fourth-order valence-electron chi connectivity index (χ4n) is 2.35. The Labute approximate surface area is 165 Å². The second-order valence-corrected chi connectivity index (χ2v) is 5.17. The fraction of sp³-hybridized carbons (Fsp3) is 0.462. The van der Waals surface area contributed by atoms with Gasteiger partial charge in [0, 0.05) is 4.47 Å². The molecule has 0 N–H and O–H groups in total. The number of hydrogen-bond donors (Lipinski definition) is 0. The number of carbonyl (C=O) groups excluding carboxylic acids is 1. The van der Waals surface area contributed by atoms with Gasteiger partial charge in [0.15, 0.2) is 0 Å². The van der Waals surface area contributed by atoms with Gasteiger partial charge < -0.3 is 10.1 Å². The normalized spacial score (nSPS) is 17.7. The van der Waals surface area contributed by atoms with Crippen molar-refractivity contribution in [2.45, 2.75) is 18.3 Å². The summed E-state index contributed by atoms with van der Waals surface area (Å²) in [6, 6.07) is 7.91. The molecule has 0 amide bonds. The largest absolute Gasteiger partial charge is 1.00 e. The first-order chi connectivity index (χ1) is 8.19. The SMILES string of the molecule is COC(=O)C1(c2ccc(Br)cc2)CC[N-]CC1.[Rb+]. The number of halogens is 1. The quantitative estimate of drug-likeness (QED) is 0.677.